The second-order valence-electron chi connectivity index (χ2n) is 4.04. The maximum atomic E-state index is 5.97. The number of aromatic nitrogens is 2. The van der Waals surface area contributed by atoms with Crippen LogP contribution < -0.4 is 5.32 Å². The molecule has 1 rings (SSSR count). The summed E-state index contributed by atoms with van der Waals surface area (Å²) < 4.78 is 1.97. The molecule has 1 aromatic rings. The molecule has 1 heterocycles. The summed E-state index contributed by atoms with van der Waals surface area (Å²) in [7, 11) is 2.00. The molecule has 86 valence electrons. The lowest BCUT2D eigenvalue weighted by atomic mass is 9.99. The zero-order chi connectivity index (χ0) is 11.4. The summed E-state index contributed by atoms with van der Waals surface area (Å²) in [6, 6.07) is 0.449. The van der Waals surface area contributed by atoms with Crippen molar-refractivity contribution in [3.8, 4) is 0 Å². The highest BCUT2D eigenvalue weighted by molar-refractivity contribution is 6.31. The molecule has 0 aliphatic heterocycles. The van der Waals surface area contributed by atoms with Crippen molar-refractivity contribution in [2.24, 2.45) is 5.92 Å². The van der Waals surface area contributed by atoms with Crippen LogP contribution in [0.25, 0.3) is 0 Å². The molecule has 0 aliphatic carbocycles. The molecule has 15 heavy (non-hydrogen) atoms. The second-order valence-corrected chi connectivity index (χ2v) is 4.45. The number of nitrogens with one attached hydrogen (secondary N) is 1. The van der Waals surface area contributed by atoms with Crippen LogP contribution in [0.4, 0.5) is 0 Å². The van der Waals surface area contributed by atoms with Gasteiger partial charge in [-0.25, -0.2) is 0 Å². The van der Waals surface area contributed by atoms with Gasteiger partial charge in [0.1, 0.15) is 0 Å². The quantitative estimate of drug-likeness (QED) is 0.841. The molecule has 0 radical (unpaired) electrons. The van der Waals surface area contributed by atoms with E-state index in [2.05, 4.69) is 24.3 Å². The molecule has 0 bridgehead atoms. The molecular weight excluding hydrogens is 210 g/mol. The van der Waals surface area contributed by atoms with Gasteiger partial charge in [-0.2, -0.15) is 5.10 Å². The van der Waals surface area contributed by atoms with E-state index in [1.165, 1.54) is 6.42 Å². The topological polar surface area (TPSA) is 29.9 Å². The second kappa shape index (κ2) is 5.52. The van der Waals surface area contributed by atoms with Gasteiger partial charge in [0.25, 0.3) is 0 Å². The van der Waals surface area contributed by atoms with Crippen molar-refractivity contribution in [1.29, 1.82) is 0 Å². The predicted molar refractivity (Wildman–Crippen MR) is 64.3 cm³/mol. The fraction of sp³-hybridized carbons (Fsp3) is 0.727. The van der Waals surface area contributed by atoms with E-state index in [1.54, 1.807) is 6.20 Å². The Morgan fingerprint density at radius 3 is 2.67 bits per heavy atom. The van der Waals surface area contributed by atoms with E-state index in [1.807, 2.05) is 18.7 Å². The van der Waals surface area contributed by atoms with Crippen LogP contribution in [-0.2, 0) is 6.54 Å². The lowest BCUT2D eigenvalue weighted by Crippen LogP contribution is -2.36. The summed E-state index contributed by atoms with van der Waals surface area (Å²) in [6.45, 7) is 7.34. The van der Waals surface area contributed by atoms with Gasteiger partial charge in [0, 0.05) is 6.04 Å². The van der Waals surface area contributed by atoms with Gasteiger partial charge in [0.05, 0.1) is 23.5 Å². The molecule has 0 aromatic carbocycles. The Kier molecular flexibility index (Phi) is 4.61. The van der Waals surface area contributed by atoms with E-state index >= 15 is 0 Å². The third-order valence-electron chi connectivity index (χ3n) is 3.11. The van der Waals surface area contributed by atoms with Crippen molar-refractivity contribution in [2.75, 3.05) is 7.05 Å². The number of hydrogen-bond donors (Lipinski definition) is 1. The van der Waals surface area contributed by atoms with Gasteiger partial charge in [-0.05, 0) is 19.9 Å². The fourth-order valence-corrected chi connectivity index (χ4v) is 1.78. The van der Waals surface area contributed by atoms with E-state index in [9.17, 15) is 0 Å². The van der Waals surface area contributed by atoms with E-state index in [0.717, 1.165) is 17.3 Å². The highest BCUT2D eigenvalue weighted by Crippen LogP contribution is 2.16. The van der Waals surface area contributed by atoms with Gasteiger partial charge in [0.2, 0.25) is 0 Å². The van der Waals surface area contributed by atoms with Crippen LogP contribution in [-0.4, -0.2) is 22.9 Å². The molecule has 2 atom stereocenters. The third kappa shape index (κ3) is 2.95. The largest absolute Gasteiger partial charge is 0.315 e. The summed E-state index contributed by atoms with van der Waals surface area (Å²) in [5, 5.41) is 8.34. The Morgan fingerprint density at radius 2 is 2.27 bits per heavy atom. The Bertz CT molecular complexity index is 309. The molecule has 0 spiro atoms. The molecular formula is C11H20ClN3. The molecule has 1 aromatic heterocycles. The fourth-order valence-electron chi connectivity index (χ4n) is 1.63. The lowest BCUT2D eigenvalue weighted by molar-refractivity contribution is 0.333. The first kappa shape index (κ1) is 12.5. The normalized spacial score (nSPS) is 15.3. The molecule has 1 N–H and O–H groups in total. The van der Waals surface area contributed by atoms with Crippen LogP contribution in [0, 0.1) is 12.8 Å². The zero-order valence-corrected chi connectivity index (χ0v) is 10.7. The van der Waals surface area contributed by atoms with Crippen molar-refractivity contribution >= 4 is 11.6 Å². The van der Waals surface area contributed by atoms with E-state index < -0.39 is 0 Å². The third-order valence-corrected chi connectivity index (χ3v) is 3.49. The van der Waals surface area contributed by atoms with E-state index in [0.29, 0.717) is 12.0 Å². The lowest BCUT2D eigenvalue weighted by Gasteiger charge is -2.22. The first-order valence-corrected chi connectivity index (χ1v) is 5.83. The summed E-state index contributed by atoms with van der Waals surface area (Å²) >= 11 is 5.97. The van der Waals surface area contributed by atoms with Crippen molar-refractivity contribution in [2.45, 2.75) is 39.8 Å². The van der Waals surface area contributed by atoms with Gasteiger partial charge in [-0.15, -0.1) is 0 Å². The van der Waals surface area contributed by atoms with Crippen LogP contribution in [0.1, 0.15) is 26.0 Å². The average molecular weight is 230 g/mol. The Balaban J connectivity index is 2.70. The van der Waals surface area contributed by atoms with Gasteiger partial charge < -0.3 is 5.32 Å². The Labute approximate surface area is 96.8 Å². The van der Waals surface area contributed by atoms with Crippen molar-refractivity contribution < 1.29 is 0 Å². The number of hydrogen-bond acceptors (Lipinski definition) is 2. The van der Waals surface area contributed by atoms with Gasteiger partial charge in [0.15, 0.2) is 0 Å². The molecule has 3 nitrogen and oxygen atoms in total. The van der Waals surface area contributed by atoms with E-state index in [4.69, 9.17) is 11.6 Å². The SMILES string of the molecule is CCC(C)C(Cn1ncc(Cl)c1C)NC. The van der Waals surface area contributed by atoms with Crippen molar-refractivity contribution in [1.82, 2.24) is 15.1 Å². The number of rotatable bonds is 5. The molecule has 4 heteroatoms. The number of halogens is 1. The highest BCUT2D eigenvalue weighted by Gasteiger charge is 2.16. The van der Waals surface area contributed by atoms with Crippen LogP contribution in [0.15, 0.2) is 6.20 Å². The average Bonchev–Trinajstić information content (AvgIpc) is 2.56. The van der Waals surface area contributed by atoms with Crippen LogP contribution in [0.5, 0.6) is 0 Å². The molecule has 0 amide bonds. The minimum atomic E-state index is 0.449. The summed E-state index contributed by atoms with van der Waals surface area (Å²) in [5.74, 6) is 0.636. The highest BCUT2D eigenvalue weighted by atomic mass is 35.5. The number of nitrogens with zero attached hydrogens (tertiary/aromatic N) is 2. The van der Waals surface area contributed by atoms with Crippen LogP contribution in [0.2, 0.25) is 5.02 Å². The van der Waals surface area contributed by atoms with Crippen LogP contribution in [0.3, 0.4) is 0 Å². The smallest absolute Gasteiger partial charge is 0.0814 e. The van der Waals surface area contributed by atoms with Gasteiger partial charge >= 0.3 is 0 Å². The number of likely N-dealkylation sites (N-methyl/N-ethyl adjacent to an activating group) is 1. The van der Waals surface area contributed by atoms with Crippen molar-refractivity contribution in [3.63, 3.8) is 0 Å². The molecule has 2 unspecified atom stereocenters. The van der Waals surface area contributed by atoms with Gasteiger partial charge in [-0.3, -0.25) is 4.68 Å². The van der Waals surface area contributed by atoms with Crippen LogP contribution >= 0.6 is 11.6 Å². The maximum Gasteiger partial charge on any atom is 0.0814 e. The summed E-state index contributed by atoms with van der Waals surface area (Å²) in [5.41, 5.74) is 1.04. The predicted octanol–water partition coefficient (Wildman–Crippen LogP) is 2.48. The molecule has 0 fully saturated rings. The Hall–Kier alpha value is -0.540. The first-order chi connectivity index (χ1) is 7.10. The standard InChI is InChI=1S/C11H20ClN3/c1-5-8(2)11(13-4)7-15-9(3)10(12)6-14-15/h6,8,11,13H,5,7H2,1-4H3. The molecule has 0 aliphatic rings. The summed E-state index contributed by atoms with van der Waals surface area (Å²) in [4.78, 5) is 0. The minimum absolute atomic E-state index is 0.449. The zero-order valence-electron chi connectivity index (χ0n) is 9.92. The first-order valence-electron chi connectivity index (χ1n) is 5.45. The summed E-state index contributed by atoms with van der Waals surface area (Å²) in [6.07, 6.45) is 2.87. The maximum absolute atomic E-state index is 5.97. The molecule has 0 saturated carbocycles. The van der Waals surface area contributed by atoms with Crippen molar-refractivity contribution in [3.05, 3.63) is 16.9 Å². The Morgan fingerprint density at radius 1 is 1.60 bits per heavy atom. The minimum Gasteiger partial charge on any atom is -0.315 e. The van der Waals surface area contributed by atoms with Gasteiger partial charge in [-0.1, -0.05) is 31.9 Å². The van der Waals surface area contributed by atoms with E-state index in [-0.39, 0.29) is 0 Å². The molecule has 0 saturated heterocycles. The monoisotopic (exact) mass is 229 g/mol.